The van der Waals surface area contributed by atoms with E-state index in [4.69, 9.17) is 4.74 Å². The van der Waals surface area contributed by atoms with Crippen molar-refractivity contribution in [3.63, 3.8) is 0 Å². The number of carbonyl (C=O) groups is 2. The lowest BCUT2D eigenvalue weighted by Gasteiger charge is -2.18. The number of carbonyl (C=O) groups excluding carboxylic acids is 2. The second-order valence-corrected chi connectivity index (χ2v) is 6.22. The summed E-state index contributed by atoms with van der Waals surface area (Å²) in [7, 11) is 1.59. The molecule has 25 heavy (non-hydrogen) atoms. The van der Waals surface area contributed by atoms with Crippen LogP contribution in [0.15, 0.2) is 42.5 Å². The number of benzene rings is 2. The summed E-state index contributed by atoms with van der Waals surface area (Å²) in [4.78, 5) is 25.5. The highest BCUT2D eigenvalue weighted by molar-refractivity contribution is 5.94. The van der Waals surface area contributed by atoms with Gasteiger partial charge in [-0.1, -0.05) is 35.4 Å². The normalized spacial score (nSPS) is 10.2. The molecular formula is C20H24N2O3. The van der Waals surface area contributed by atoms with Crippen LogP contribution in [0.1, 0.15) is 16.7 Å². The molecule has 0 atom stereocenters. The van der Waals surface area contributed by atoms with Gasteiger partial charge in [0.1, 0.15) is 5.75 Å². The molecule has 1 N–H and O–H groups in total. The van der Waals surface area contributed by atoms with Gasteiger partial charge >= 0.3 is 0 Å². The third kappa shape index (κ3) is 5.64. The van der Waals surface area contributed by atoms with Crippen molar-refractivity contribution in [1.29, 1.82) is 0 Å². The molecule has 0 spiro atoms. The summed E-state index contributed by atoms with van der Waals surface area (Å²) in [5, 5.41) is 2.77. The summed E-state index contributed by atoms with van der Waals surface area (Å²) in [5.41, 5.74) is 3.95. The standard InChI is InChI=1S/C20H24N2O3/c1-14-5-8-17(9-6-14)21-19(23)12-22(4)20(24)13-25-18-10-7-15(2)11-16(18)3/h5-11H,12-13H2,1-4H3,(H,21,23). The lowest BCUT2D eigenvalue weighted by Crippen LogP contribution is -2.37. The largest absolute Gasteiger partial charge is 0.484 e. The molecule has 0 fully saturated rings. The highest BCUT2D eigenvalue weighted by Gasteiger charge is 2.14. The fraction of sp³-hybridized carbons (Fsp3) is 0.300. The molecule has 2 amide bonds. The Kier molecular flexibility index (Phi) is 6.17. The van der Waals surface area contributed by atoms with Gasteiger partial charge in [-0.2, -0.15) is 0 Å². The zero-order valence-electron chi connectivity index (χ0n) is 15.1. The molecule has 0 heterocycles. The van der Waals surface area contributed by atoms with Crippen molar-refractivity contribution in [3.8, 4) is 5.75 Å². The third-order valence-electron chi connectivity index (χ3n) is 3.82. The van der Waals surface area contributed by atoms with E-state index in [-0.39, 0.29) is 25.0 Å². The van der Waals surface area contributed by atoms with E-state index < -0.39 is 0 Å². The van der Waals surface area contributed by atoms with Crippen LogP contribution >= 0.6 is 0 Å². The summed E-state index contributed by atoms with van der Waals surface area (Å²) in [6.45, 7) is 5.79. The number of anilines is 1. The maximum atomic E-state index is 12.1. The number of hydrogen-bond acceptors (Lipinski definition) is 3. The number of hydrogen-bond donors (Lipinski definition) is 1. The molecule has 2 rings (SSSR count). The number of amides is 2. The van der Waals surface area contributed by atoms with Crippen LogP contribution in [0.4, 0.5) is 5.69 Å². The fourth-order valence-electron chi connectivity index (χ4n) is 2.35. The molecule has 0 saturated heterocycles. The van der Waals surface area contributed by atoms with Crippen LogP contribution in [-0.4, -0.2) is 36.9 Å². The van der Waals surface area contributed by atoms with Crippen LogP contribution in [0.3, 0.4) is 0 Å². The van der Waals surface area contributed by atoms with Gasteiger partial charge in [0, 0.05) is 12.7 Å². The van der Waals surface area contributed by atoms with Crippen molar-refractivity contribution >= 4 is 17.5 Å². The van der Waals surface area contributed by atoms with E-state index in [0.717, 1.165) is 16.7 Å². The van der Waals surface area contributed by atoms with Crippen molar-refractivity contribution in [1.82, 2.24) is 4.90 Å². The zero-order chi connectivity index (χ0) is 18.4. The first-order chi connectivity index (χ1) is 11.8. The highest BCUT2D eigenvalue weighted by atomic mass is 16.5. The quantitative estimate of drug-likeness (QED) is 0.879. The molecule has 132 valence electrons. The van der Waals surface area contributed by atoms with Crippen molar-refractivity contribution in [3.05, 3.63) is 59.2 Å². The molecule has 5 nitrogen and oxygen atoms in total. The van der Waals surface area contributed by atoms with Crippen LogP contribution < -0.4 is 10.1 Å². The van der Waals surface area contributed by atoms with Gasteiger partial charge in [0.05, 0.1) is 6.54 Å². The maximum Gasteiger partial charge on any atom is 0.260 e. The Bertz CT molecular complexity index is 754. The average molecular weight is 340 g/mol. The SMILES string of the molecule is Cc1ccc(NC(=O)CN(C)C(=O)COc2ccc(C)cc2C)cc1. The van der Waals surface area contributed by atoms with E-state index in [1.165, 1.54) is 4.90 Å². The van der Waals surface area contributed by atoms with E-state index in [0.29, 0.717) is 11.4 Å². The molecule has 2 aromatic carbocycles. The Morgan fingerprint density at radius 3 is 2.28 bits per heavy atom. The van der Waals surface area contributed by atoms with E-state index in [2.05, 4.69) is 5.32 Å². The van der Waals surface area contributed by atoms with Crippen LogP contribution in [0, 0.1) is 20.8 Å². The predicted octanol–water partition coefficient (Wildman–Crippen LogP) is 3.09. The van der Waals surface area contributed by atoms with Gasteiger partial charge in [-0.25, -0.2) is 0 Å². The minimum atomic E-state index is -0.251. The zero-order valence-corrected chi connectivity index (χ0v) is 15.1. The molecule has 0 radical (unpaired) electrons. The topological polar surface area (TPSA) is 58.6 Å². The summed E-state index contributed by atoms with van der Waals surface area (Å²) in [5.74, 6) is 0.182. The third-order valence-corrected chi connectivity index (χ3v) is 3.82. The number of ether oxygens (including phenoxy) is 1. The molecule has 0 aliphatic rings. The molecule has 0 aliphatic carbocycles. The second-order valence-electron chi connectivity index (χ2n) is 6.22. The molecular weight excluding hydrogens is 316 g/mol. The first-order valence-corrected chi connectivity index (χ1v) is 8.15. The Balaban J connectivity index is 1.82. The van der Waals surface area contributed by atoms with E-state index in [9.17, 15) is 9.59 Å². The first-order valence-electron chi connectivity index (χ1n) is 8.15. The predicted molar refractivity (Wildman–Crippen MR) is 98.9 cm³/mol. The van der Waals surface area contributed by atoms with Crippen molar-refractivity contribution < 1.29 is 14.3 Å². The van der Waals surface area contributed by atoms with Crippen molar-refractivity contribution in [2.45, 2.75) is 20.8 Å². The first kappa shape index (κ1) is 18.5. The lowest BCUT2D eigenvalue weighted by molar-refractivity contribution is -0.135. The molecule has 0 aromatic heterocycles. The minimum Gasteiger partial charge on any atom is -0.484 e. The molecule has 5 heteroatoms. The smallest absolute Gasteiger partial charge is 0.260 e. The van der Waals surface area contributed by atoms with Crippen LogP contribution in [0.2, 0.25) is 0 Å². The molecule has 0 bridgehead atoms. The maximum absolute atomic E-state index is 12.1. The summed E-state index contributed by atoms with van der Waals surface area (Å²) < 4.78 is 5.56. The molecule has 0 unspecified atom stereocenters. The van der Waals surface area contributed by atoms with Crippen LogP contribution in [0.5, 0.6) is 5.75 Å². The van der Waals surface area contributed by atoms with E-state index in [1.54, 1.807) is 7.05 Å². The number of likely N-dealkylation sites (N-methyl/N-ethyl adjacent to an activating group) is 1. The van der Waals surface area contributed by atoms with Crippen molar-refractivity contribution in [2.75, 3.05) is 25.5 Å². The van der Waals surface area contributed by atoms with Crippen LogP contribution in [-0.2, 0) is 9.59 Å². The van der Waals surface area contributed by atoms with Crippen molar-refractivity contribution in [2.24, 2.45) is 0 Å². The summed E-state index contributed by atoms with van der Waals surface area (Å²) in [6.07, 6.45) is 0. The Morgan fingerprint density at radius 2 is 1.64 bits per heavy atom. The van der Waals surface area contributed by atoms with Gasteiger partial charge in [0.2, 0.25) is 5.91 Å². The Labute approximate surface area is 148 Å². The summed E-state index contributed by atoms with van der Waals surface area (Å²) >= 11 is 0. The molecule has 0 aliphatic heterocycles. The van der Waals surface area contributed by atoms with Crippen LogP contribution in [0.25, 0.3) is 0 Å². The number of aryl methyl sites for hydroxylation is 3. The monoisotopic (exact) mass is 340 g/mol. The number of nitrogens with zero attached hydrogens (tertiary/aromatic N) is 1. The fourth-order valence-corrected chi connectivity index (χ4v) is 2.35. The van der Waals surface area contributed by atoms with Gasteiger partial charge in [-0.05, 0) is 44.5 Å². The molecule has 2 aromatic rings. The summed E-state index contributed by atoms with van der Waals surface area (Å²) in [6, 6.07) is 13.3. The lowest BCUT2D eigenvalue weighted by atomic mass is 10.1. The van der Waals surface area contributed by atoms with E-state index >= 15 is 0 Å². The van der Waals surface area contributed by atoms with Gasteiger partial charge in [-0.3, -0.25) is 9.59 Å². The average Bonchev–Trinajstić information content (AvgIpc) is 2.55. The minimum absolute atomic E-state index is 0.0249. The number of rotatable bonds is 6. The highest BCUT2D eigenvalue weighted by Crippen LogP contribution is 2.18. The Hall–Kier alpha value is -2.82. The van der Waals surface area contributed by atoms with E-state index in [1.807, 2.05) is 63.2 Å². The van der Waals surface area contributed by atoms with Gasteiger partial charge in [0.15, 0.2) is 6.61 Å². The van der Waals surface area contributed by atoms with Gasteiger partial charge in [-0.15, -0.1) is 0 Å². The molecule has 0 saturated carbocycles. The second kappa shape index (κ2) is 8.33. The van der Waals surface area contributed by atoms with Gasteiger partial charge in [0.25, 0.3) is 5.91 Å². The number of nitrogens with one attached hydrogen (secondary N) is 1. The Morgan fingerprint density at radius 1 is 1.00 bits per heavy atom. The van der Waals surface area contributed by atoms with Gasteiger partial charge < -0.3 is 15.0 Å².